The molecule has 2 aliphatic rings. The van der Waals surface area contributed by atoms with Gasteiger partial charge in [-0.05, 0) is 64.7 Å². The number of likely N-dealkylation sites (tertiary alicyclic amines) is 1. The molecule has 1 aliphatic heterocycles. The second-order valence-electron chi connectivity index (χ2n) is 8.60. The van der Waals surface area contributed by atoms with E-state index in [1.807, 2.05) is 31.7 Å². The molecular weight excluding hydrogens is 366 g/mol. The van der Waals surface area contributed by atoms with Crippen molar-refractivity contribution in [2.45, 2.75) is 63.6 Å². The smallest absolute Gasteiger partial charge is 0.410 e. The van der Waals surface area contributed by atoms with Gasteiger partial charge >= 0.3 is 6.09 Å². The lowest BCUT2D eigenvalue weighted by molar-refractivity contribution is 0.000500. The molecule has 2 aromatic rings. The van der Waals surface area contributed by atoms with Crippen molar-refractivity contribution in [3.63, 3.8) is 0 Å². The van der Waals surface area contributed by atoms with Crippen LogP contribution in [0, 0.1) is 0 Å². The number of carbonyl (C=O) groups is 1. The van der Waals surface area contributed by atoms with E-state index in [1.54, 1.807) is 22.9 Å². The Morgan fingerprint density at radius 3 is 2.70 bits per heavy atom. The Kier molecular flexibility index (Phi) is 4.22. The van der Waals surface area contributed by atoms with E-state index in [2.05, 4.69) is 4.98 Å². The SMILES string of the molecule is CC(C)(C)OC(=O)N1CCC(n2ccc3nc(Cl)ccc3c2=O)CC12CC2. The van der Waals surface area contributed by atoms with E-state index < -0.39 is 5.60 Å². The maximum Gasteiger partial charge on any atom is 0.410 e. The lowest BCUT2D eigenvalue weighted by Gasteiger charge is -2.41. The average molecular weight is 390 g/mol. The number of rotatable bonds is 1. The molecule has 1 spiro atoms. The quantitative estimate of drug-likeness (QED) is 0.687. The number of ether oxygens (including phenoxy) is 1. The van der Waals surface area contributed by atoms with Gasteiger partial charge in [-0.15, -0.1) is 0 Å². The zero-order valence-electron chi connectivity index (χ0n) is 15.9. The minimum Gasteiger partial charge on any atom is -0.444 e. The predicted molar refractivity (Wildman–Crippen MR) is 104 cm³/mol. The van der Waals surface area contributed by atoms with Crippen molar-refractivity contribution in [3.8, 4) is 0 Å². The Hall–Kier alpha value is -2.08. The molecule has 2 fully saturated rings. The fraction of sp³-hybridized carbons (Fsp3) is 0.550. The van der Waals surface area contributed by atoms with Gasteiger partial charge < -0.3 is 14.2 Å². The van der Waals surface area contributed by atoms with Crippen LogP contribution in [0.5, 0.6) is 0 Å². The van der Waals surface area contributed by atoms with Gasteiger partial charge in [-0.2, -0.15) is 0 Å². The van der Waals surface area contributed by atoms with Crippen molar-refractivity contribution >= 4 is 28.6 Å². The maximum atomic E-state index is 12.9. The number of hydrogen-bond donors (Lipinski definition) is 0. The van der Waals surface area contributed by atoms with Gasteiger partial charge in [-0.25, -0.2) is 9.78 Å². The summed E-state index contributed by atoms with van der Waals surface area (Å²) in [7, 11) is 0. The summed E-state index contributed by atoms with van der Waals surface area (Å²) in [5.41, 5.74) is -0.120. The van der Waals surface area contributed by atoms with Gasteiger partial charge in [0.15, 0.2) is 0 Å². The highest BCUT2D eigenvalue weighted by Crippen LogP contribution is 2.51. The topological polar surface area (TPSA) is 64.4 Å². The van der Waals surface area contributed by atoms with E-state index in [0.717, 1.165) is 25.7 Å². The van der Waals surface area contributed by atoms with Crippen LogP contribution in [-0.4, -0.2) is 38.2 Å². The second-order valence-corrected chi connectivity index (χ2v) is 8.99. The molecule has 0 aromatic carbocycles. The minimum atomic E-state index is -0.506. The molecule has 0 radical (unpaired) electrons. The highest BCUT2D eigenvalue weighted by molar-refractivity contribution is 6.29. The van der Waals surface area contributed by atoms with Gasteiger partial charge in [0, 0.05) is 24.3 Å². The minimum absolute atomic E-state index is 0.0526. The number of nitrogens with zero attached hydrogens (tertiary/aromatic N) is 3. The Morgan fingerprint density at radius 1 is 1.30 bits per heavy atom. The van der Waals surface area contributed by atoms with Crippen molar-refractivity contribution in [3.05, 3.63) is 39.9 Å². The van der Waals surface area contributed by atoms with Crippen molar-refractivity contribution in [2.75, 3.05) is 6.54 Å². The van der Waals surface area contributed by atoms with Crippen LogP contribution in [0.4, 0.5) is 4.79 Å². The number of pyridine rings is 2. The highest BCUT2D eigenvalue weighted by atomic mass is 35.5. The first kappa shape index (κ1) is 18.3. The molecule has 7 heteroatoms. The zero-order valence-corrected chi connectivity index (χ0v) is 16.6. The van der Waals surface area contributed by atoms with Crippen molar-refractivity contribution in [1.29, 1.82) is 0 Å². The first-order valence-electron chi connectivity index (χ1n) is 9.37. The fourth-order valence-corrected chi connectivity index (χ4v) is 4.18. The molecule has 6 nitrogen and oxygen atoms in total. The number of amides is 1. The van der Waals surface area contributed by atoms with E-state index in [9.17, 15) is 9.59 Å². The third-order valence-corrected chi connectivity index (χ3v) is 5.67. The lowest BCUT2D eigenvalue weighted by Crippen LogP contribution is -2.50. The number of hydrogen-bond acceptors (Lipinski definition) is 4. The number of halogens is 1. The Morgan fingerprint density at radius 2 is 2.04 bits per heavy atom. The fourth-order valence-electron chi connectivity index (χ4n) is 4.03. The summed E-state index contributed by atoms with van der Waals surface area (Å²) >= 11 is 5.93. The van der Waals surface area contributed by atoms with Crippen LogP contribution in [0.2, 0.25) is 5.15 Å². The Labute approximate surface area is 163 Å². The summed E-state index contributed by atoms with van der Waals surface area (Å²) in [5, 5.41) is 0.948. The summed E-state index contributed by atoms with van der Waals surface area (Å²) in [6.07, 6.45) is 4.98. The molecule has 0 bridgehead atoms. The summed E-state index contributed by atoms with van der Waals surface area (Å²) in [5.74, 6) is 0. The van der Waals surface area contributed by atoms with Gasteiger partial charge in [0.1, 0.15) is 10.8 Å². The van der Waals surface area contributed by atoms with E-state index in [4.69, 9.17) is 16.3 Å². The predicted octanol–water partition coefficient (Wildman–Crippen LogP) is 4.15. The molecule has 1 aliphatic carbocycles. The zero-order chi connectivity index (χ0) is 19.4. The summed E-state index contributed by atoms with van der Waals surface area (Å²) in [4.78, 5) is 31.6. The van der Waals surface area contributed by atoms with Gasteiger partial charge in [-0.3, -0.25) is 4.79 Å². The summed E-state index contributed by atoms with van der Waals surface area (Å²) in [6, 6.07) is 5.27. The highest BCUT2D eigenvalue weighted by Gasteiger charge is 2.54. The van der Waals surface area contributed by atoms with E-state index >= 15 is 0 Å². The maximum absolute atomic E-state index is 12.9. The van der Waals surface area contributed by atoms with Crippen molar-refractivity contribution < 1.29 is 9.53 Å². The van der Waals surface area contributed by atoms with Crippen LogP contribution >= 0.6 is 11.6 Å². The van der Waals surface area contributed by atoms with Gasteiger partial charge in [0.25, 0.3) is 5.56 Å². The number of piperidine rings is 1. The largest absolute Gasteiger partial charge is 0.444 e. The van der Waals surface area contributed by atoms with Crippen molar-refractivity contribution in [2.24, 2.45) is 0 Å². The second kappa shape index (κ2) is 6.23. The van der Waals surface area contributed by atoms with Crippen LogP contribution in [-0.2, 0) is 4.74 Å². The van der Waals surface area contributed by atoms with Crippen LogP contribution in [0.25, 0.3) is 10.9 Å². The lowest BCUT2D eigenvalue weighted by atomic mass is 9.95. The molecule has 4 rings (SSSR count). The normalized spacial score (nSPS) is 21.5. The summed E-state index contributed by atoms with van der Waals surface area (Å²) in [6.45, 7) is 6.24. The van der Waals surface area contributed by atoms with Gasteiger partial charge in [0.05, 0.1) is 10.9 Å². The summed E-state index contributed by atoms with van der Waals surface area (Å²) < 4.78 is 7.38. The first-order valence-corrected chi connectivity index (χ1v) is 9.74. The third kappa shape index (κ3) is 3.43. The van der Waals surface area contributed by atoms with Crippen LogP contribution in [0.3, 0.4) is 0 Å². The molecule has 3 heterocycles. The number of fused-ring (bicyclic) bond motifs is 1. The molecular formula is C20H24ClN3O3. The molecule has 1 atom stereocenters. The molecule has 1 unspecified atom stereocenters. The van der Waals surface area contributed by atoms with Crippen LogP contribution < -0.4 is 5.56 Å². The van der Waals surface area contributed by atoms with Crippen molar-refractivity contribution in [1.82, 2.24) is 14.5 Å². The number of aromatic nitrogens is 2. The van der Waals surface area contributed by atoms with E-state index in [-0.39, 0.29) is 23.2 Å². The Balaban J connectivity index is 1.59. The Bertz CT molecular complexity index is 959. The van der Waals surface area contributed by atoms with Gasteiger partial charge in [0.2, 0.25) is 0 Å². The van der Waals surface area contributed by atoms with Crippen LogP contribution in [0.15, 0.2) is 29.2 Å². The van der Waals surface area contributed by atoms with E-state index in [1.165, 1.54) is 0 Å². The molecule has 2 aromatic heterocycles. The van der Waals surface area contributed by atoms with Crippen LogP contribution in [0.1, 0.15) is 52.5 Å². The molecule has 1 amide bonds. The molecule has 1 saturated heterocycles. The first-order chi connectivity index (χ1) is 12.7. The van der Waals surface area contributed by atoms with E-state index in [0.29, 0.717) is 22.6 Å². The van der Waals surface area contributed by atoms with Gasteiger partial charge in [-0.1, -0.05) is 11.6 Å². The average Bonchev–Trinajstić information content (AvgIpc) is 3.32. The monoisotopic (exact) mass is 389 g/mol. The number of carbonyl (C=O) groups excluding carboxylic acids is 1. The molecule has 1 saturated carbocycles. The third-order valence-electron chi connectivity index (χ3n) is 5.46. The molecule has 0 N–H and O–H groups in total. The molecule has 144 valence electrons. The standard InChI is InChI=1S/C20H24ClN3O3/c1-19(2,3)27-18(26)24-11-6-13(12-20(24)8-9-20)23-10-7-15-14(17(23)25)4-5-16(21)22-15/h4-5,7,10,13H,6,8-9,11-12H2,1-3H3. The molecule has 27 heavy (non-hydrogen) atoms.